The Balaban J connectivity index is 1.86. The largest absolute Gasteiger partial charge is 0.493 e. The summed E-state index contributed by atoms with van der Waals surface area (Å²) in [6.45, 7) is 2.09. The fourth-order valence-electron chi connectivity index (χ4n) is 3.33. The van der Waals surface area contributed by atoms with Gasteiger partial charge in [0.2, 0.25) is 0 Å². The van der Waals surface area contributed by atoms with Crippen LogP contribution in [-0.2, 0) is 16.0 Å². The highest BCUT2D eigenvalue weighted by atomic mass is 16.5. The smallest absolute Gasteiger partial charge is 0.296 e. The molecule has 5 heteroatoms. The molecule has 20 heavy (non-hydrogen) atoms. The zero-order valence-electron chi connectivity index (χ0n) is 11.0. The average molecular weight is 273 g/mol. The first-order valence-electron chi connectivity index (χ1n) is 7.01. The van der Waals surface area contributed by atoms with E-state index in [1.54, 1.807) is 0 Å². The number of ketones is 1. The van der Waals surface area contributed by atoms with Crippen molar-refractivity contribution in [1.82, 2.24) is 0 Å². The van der Waals surface area contributed by atoms with Crippen molar-refractivity contribution >= 4 is 17.4 Å². The number of hydrogen-bond donors (Lipinski definition) is 1. The lowest BCUT2D eigenvalue weighted by atomic mass is 9.87. The normalized spacial score (nSPS) is 21.4. The van der Waals surface area contributed by atoms with Crippen LogP contribution in [0.15, 0.2) is 6.07 Å². The average Bonchev–Trinajstić information content (AvgIpc) is 3.06. The molecule has 1 amide bonds. The van der Waals surface area contributed by atoms with Crippen LogP contribution >= 0.6 is 0 Å². The highest BCUT2D eigenvalue weighted by Crippen LogP contribution is 2.45. The number of rotatable bonds is 1. The lowest BCUT2D eigenvalue weighted by Crippen LogP contribution is -2.15. The molecule has 0 atom stereocenters. The Morgan fingerprint density at radius 2 is 1.95 bits per heavy atom. The van der Waals surface area contributed by atoms with Gasteiger partial charge in [0.15, 0.2) is 0 Å². The minimum absolute atomic E-state index is 0.351. The number of anilines is 1. The zero-order chi connectivity index (χ0) is 13.7. The van der Waals surface area contributed by atoms with E-state index in [0.717, 1.165) is 49.4 Å². The Kier molecular flexibility index (Phi) is 2.57. The summed E-state index contributed by atoms with van der Waals surface area (Å²) in [6, 6.07) is 1.86. The van der Waals surface area contributed by atoms with E-state index in [1.165, 1.54) is 0 Å². The molecule has 0 radical (unpaired) electrons. The fourth-order valence-corrected chi connectivity index (χ4v) is 3.33. The molecule has 4 rings (SSSR count). The van der Waals surface area contributed by atoms with E-state index in [-0.39, 0.29) is 0 Å². The first-order valence-corrected chi connectivity index (χ1v) is 7.01. The molecule has 1 aromatic carbocycles. The van der Waals surface area contributed by atoms with Gasteiger partial charge in [0.1, 0.15) is 5.75 Å². The van der Waals surface area contributed by atoms with Gasteiger partial charge in [0.05, 0.1) is 17.9 Å². The topological polar surface area (TPSA) is 64.6 Å². The number of carbonyl (C=O) groups is 2. The Hall–Kier alpha value is -1.88. The molecule has 1 N–H and O–H groups in total. The van der Waals surface area contributed by atoms with Gasteiger partial charge in [0, 0.05) is 25.2 Å². The molecule has 0 spiro atoms. The van der Waals surface area contributed by atoms with Gasteiger partial charge in [-0.2, -0.15) is 0 Å². The van der Waals surface area contributed by atoms with Crippen LogP contribution in [0.3, 0.4) is 0 Å². The van der Waals surface area contributed by atoms with Crippen molar-refractivity contribution in [3.8, 4) is 5.75 Å². The summed E-state index contributed by atoms with van der Waals surface area (Å²) in [6.07, 6.45) is 2.62. The third kappa shape index (κ3) is 1.59. The number of amides is 1. The van der Waals surface area contributed by atoms with Crippen molar-refractivity contribution in [3.05, 3.63) is 22.8 Å². The minimum Gasteiger partial charge on any atom is -0.493 e. The third-order valence-electron chi connectivity index (χ3n) is 4.36. The van der Waals surface area contributed by atoms with Crippen LogP contribution < -0.4 is 10.1 Å². The fraction of sp³-hybridized carbons (Fsp3) is 0.467. The molecule has 3 aliphatic heterocycles. The van der Waals surface area contributed by atoms with Gasteiger partial charge in [-0.3, -0.25) is 9.59 Å². The molecule has 1 fully saturated rings. The maximum absolute atomic E-state index is 12.0. The van der Waals surface area contributed by atoms with Crippen molar-refractivity contribution in [3.63, 3.8) is 0 Å². The maximum atomic E-state index is 12.0. The number of benzene rings is 1. The van der Waals surface area contributed by atoms with E-state index in [2.05, 4.69) is 5.32 Å². The summed E-state index contributed by atoms with van der Waals surface area (Å²) in [5.74, 6) is 0.274. The number of hydrogen-bond acceptors (Lipinski definition) is 4. The van der Waals surface area contributed by atoms with E-state index in [4.69, 9.17) is 9.47 Å². The third-order valence-corrected chi connectivity index (χ3v) is 4.36. The zero-order valence-corrected chi connectivity index (χ0v) is 11.0. The van der Waals surface area contributed by atoms with E-state index in [9.17, 15) is 9.59 Å². The first-order chi connectivity index (χ1) is 9.75. The van der Waals surface area contributed by atoms with Gasteiger partial charge in [-0.15, -0.1) is 0 Å². The summed E-state index contributed by atoms with van der Waals surface area (Å²) in [5, 5.41) is 2.68. The molecule has 5 nitrogen and oxygen atoms in total. The predicted octanol–water partition coefficient (Wildman–Crippen LogP) is 1.65. The molecular weight excluding hydrogens is 258 g/mol. The quantitative estimate of drug-likeness (QED) is 0.790. The second-order valence-electron chi connectivity index (χ2n) is 5.46. The van der Waals surface area contributed by atoms with Crippen LogP contribution in [0.25, 0.3) is 0 Å². The number of Topliss-reactive ketones (excluding diaryl/α,β-unsaturated/α-hetero) is 1. The van der Waals surface area contributed by atoms with Gasteiger partial charge in [0.25, 0.3) is 11.7 Å². The van der Waals surface area contributed by atoms with Crippen LogP contribution in [0, 0.1) is 0 Å². The molecule has 1 aromatic rings. The molecule has 0 aromatic heterocycles. The highest BCUT2D eigenvalue weighted by molar-refractivity contribution is 6.52. The van der Waals surface area contributed by atoms with Gasteiger partial charge >= 0.3 is 0 Å². The molecule has 0 bridgehead atoms. The number of nitrogens with one attached hydrogen (secondary N) is 1. The van der Waals surface area contributed by atoms with Crippen LogP contribution in [0.2, 0.25) is 0 Å². The van der Waals surface area contributed by atoms with Crippen molar-refractivity contribution < 1.29 is 19.1 Å². The molecule has 1 saturated heterocycles. The standard InChI is InChI=1S/C15H15NO4/c17-13-11-7-10(8-1-4-19-5-2-8)14-9(3-6-20-14)12(11)16-15(13)18/h7-8H,1-6H2,(H,16,17,18). The molecular formula is C15H15NO4. The van der Waals surface area contributed by atoms with Crippen molar-refractivity contribution in [2.75, 3.05) is 25.1 Å². The molecule has 0 aliphatic carbocycles. The molecule has 3 aliphatic rings. The molecule has 104 valence electrons. The van der Waals surface area contributed by atoms with E-state index in [1.807, 2.05) is 6.07 Å². The summed E-state index contributed by atoms with van der Waals surface area (Å²) < 4.78 is 11.2. The molecule has 3 heterocycles. The predicted molar refractivity (Wildman–Crippen MR) is 71.4 cm³/mol. The monoisotopic (exact) mass is 273 g/mol. The molecule has 0 saturated carbocycles. The second kappa shape index (κ2) is 4.31. The van der Waals surface area contributed by atoms with Crippen LogP contribution in [0.1, 0.15) is 40.2 Å². The van der Waals surface area contributed by atoms with Gasteiger partial charge in [-0.05, 0) is 30.4 Å². The van der Waals surface area contributed by atoms with Crippen LogP contribution in [-0.4, -0.2) is 31.5 Å². The van der Waals surface area contributed by atoms with Gasteiger partial charge in [-0.25, -0.2) is 0 Å². The van der Waals surface area contributed by atoms with E-state index in [0.29, 0.717) is 23.8 Å². The highest BCUT2D eigenvalue weighted by Gasteiger charge is 2.36. The van der Waals surface area contributed by atoms with Crippen molar-refractivity contribution in [2.45, 2.75) is 25.2 Å². The Morgan fingerprint density at radius 1 is 1.15 bits per heavy atom. The Morgan fingerprint density at radius 3 is 2.75 bits per heavy atom. The minimum atomic E-state index is -0.529. The van der Waals surface area contributed by atoms with E-state index >= 15 is 0 Å². The SMILES string of the molecule is O=C1Nc2c(cc(C3CCOCC3)c3c2CCO3)C1=O. The number of fused-ring (bicyclic) bond motifs is 3. The summed E-state index contributed by atoms with van der Waals surface area (Å²) >= 11 is 0. The Labute approximate surface area is 116 Å². The van der Waals surface area contributed by atoms with Crippen LogP contribution in [0.5, 0.6) is 5.75 Å². The molecule has 0 unspecified atom stereocenters. The Bertz CT molecular complexity index is 617. The van der Waals surface area contributed by atoms with Crippen molar-refractivity contribution in [1.29, 1.82) is 0 Å². The maximum Gasteiger partial charge on any atom is 0.296 e. The second-order valence-corrected chi connectivity index (χ2v) is 5.46. The number of carbonyl (C=O) groups excluding carboxylic acids is 2. The van der Waals surface area contributed by atoms with E-state index < -0.39 is 11.7 Å². The van der Waals surface area contributed by atoms with Crippen LogP contribution in [0.4, 0.5) is 5.69 Å². The summed E-state index contributed by atoms with van der Waals surface area (Å²) in [4.78, 5) is 23.6. The van der Waals surface area contributed by atoms with Gasteiger partial charge in [-0.1, -0.05) is 0 Å². The lowest BCUT2D eigenvalue weighted by Gasteiger charge is -2.24. The van der Waals surface area contributed by atoms with Crippen molar-refractivity contribution in [2.24, 2.45) is 0 Å². The van der Waals surface area contributed by atoms with Gasteiger partial charge < -0.3 is 14.8 Å². The number of ether oxygens (including phenoxy) is 2. The lowest BCUT2D eigenvalue weighted by molar-refractivity contribution is -0.112. The summed E-state index contributed by atoms with van der Waals surface area (Å²) in [7, 11) is 0. The summed E-state index contributed by atoms with van der Waals surface area (Å²) in [5.41, 5.74) is 3.25. The first kappa shape index (κ1) is 11.9.